The number of aryl methyl sites for hydroxylation is 1. The standard InChI is InChI=1S/C15H15N3O3/c1-18-14-9(7-8-19)3-2-4-10(14)13(17-18)11-5-6-12(20)16-15(11)21/h2-4,8,11H,5-7H2,1H3,(H,16,20,21). The Labute approximate surface area is 121 Å². The molecule has 21 heavy (non-hydrogen) atoms. The van der Waals surface area contributed by atoms with Gasteiger partial charge in [-0.1, -0.05) is 18.2 Å². The number of rotatable bonds is 3. The van der Waals surface area contributed by atoms with Crippen LogP contribution in [0.1, 0.15) is 30.0 Å². The maximum atomic E-state index is 12.0. The summed E-state index contributed by atoms with van der Waals surface area (Å²) in [6.07, 6.45) is 1.95. The van der Waals surface area contributed by atoms with Crippen LogP contribution in [-0.2, 0) is 27.9 Å². The van der Waals surface area contributed by atoms with Gasteiger partial charge in [0.2, 0.25) is 11.8 Å². The van der Waals surface area contributed by atoms with Crippen LogP contribution in [0.4, 0.5) is 0 Å². The van der Waals surface area contributed by atoms with E-state index in [1.54, 1.807) is 11.7 Å². The van der Waals surface area contributed by atoms with Gasteiger partial charge in [0.15, 0.2) is 0 Å². The zero-order chi connectivity index (χ0) is 15.0. The number of carbonyl (C=O) groups excluding carboxylic acids is 3. The SMILES string of the molecule is Cn1nc(C2CCC(=O)NC2=O)c2cccc(CC=O)c21. The molecule has 6 nitrogen and oxygen atoms in total. The lowest BCUT2D eigenvalue weighted by molar-refractivity contribution is -0.134. The van der Waals surface area contributed by atoms with Crippen molar-refractivity contribution in [2.24, 2.45) is 7.05 Å². The molecule has 2 amide bonds. The third-order valence-corrected chi connectivity index (χ3v) is 3.85. The van der Waals surface area contributed by atoms with Crippen molar-refractivity contribution in [2.75, 3.05) is 0 Å². The summed E-state index contributed by atoms with van der Waals surface area (Å²) in [7, 11) is 1.80. The van der Waals surface area contributed by atoms with Gasteiger partial charge in [-0.25, -0.2) is 0 Å². The lowest BCUT2D eigenvalue weighted by Gasteiger charge is -2.19. The lowest BCUT2D eigenvalue weighted by Crippen LogP contribution is -2.39. The first-order valence-corrected chi connectivity index (χ1v) is 6.83. The summed E-state index contributed by atoms with van der Waals surface area (Å²) >= 11 is 0. The van der Waals surface area contributed by atoms with Gasteiger partial charge >= 0.3 is 0 Å². The number of carbonyl (C=O) groups is 3. The first kappa shape index (κ1) is 13.5. The molecular formula is C15H15N3O3. The Hall–Kier alpha value is -2.50. The van der Waals surface area contributed by atoms with Crippen LogP contribution >= 0.6 is 0 Å². The molecule has 1 atom stereocenters. The van der Waals surface area contributed by atoms with Crippen LogP contribution in [0.2, 0.25) is 0 Å². The average molecular weight is 285 g/mol. The molecule has 3 rings (SSSR count). The van der Waals surface area contributed by atoms with Crippen molar-refractivity contribution in [3.63, 3.8) is 0 Å². The van der Waals surface area contributed by atoms with Gasteiger partial charge in [0.05, 0.1) is 17.1 Å². The van der Waals surface area contributed by atoms with Crippen molar-refractivity contribution in [2.45, 2.75) is 25.2 Å². The van der Waals surface area contributed by atoms with Crippen molar-refractivity contribution < 1.29 is 14.4 Å². The van der Waals surface area contributed by atoms with Crippen LogP contribution in [0.15, 0.2) is 18.2 Å². The molecule has 1 aliphatic heterocycles. The van der Waals surface area contributed by atoms with Gasteiger partial charge in [-0.15, -0.1) is 0 Å². The van der Waals surface area contributed by atoms with Crippen LogP contribution in [0, 0.1) is 0 Å². The largest absolute Gasteiger partial charge is 0.303 e. The fourth-order valence-corrected chi connectivity index (χ4v) is 2.91. The Morgan fingerprint density at radius 3 is 2.95 bits per heavy atom. The molecule has 0 radical (unpaired) electrons. The first-order chi connectivity index (χ1) is 10.1. The molecule has 0 bridgehead atoms. The number of nitrogens with zero attached hydrogens (tertiary/aromatic N) is 2. The number of benzene rings is 1. The van der Waals surface area contributed by atoms with Crippen LogP contribution in [0.5, 0.6) is 0 Å². The Balaban J connectivity index is 2.12. The number of amides is 2. The van der Waals surface area contributed by atoms with Gasteiger partial charge in [-0.3, -0.25) is 19.6 Å². The maximum absolute atomic E-state index is 12.0. The molecule has 1 unspecified atom stereocenters. The van der Waals surface area contributed by atoms with Gasteiger partial charge in [0.1, 0.15) is 6.29 Å². The molecule has 1 aromatic carbocycles. The third-order valence-electron chi connectivity index (χ3n) is 3.85. The van der Waals surface area contributed by atoms with Crippen LogP contribution in [0.3, 0.4) is 0 Å². The summed E-state index contributed by atoms with van der Waals surface area (Å²) in [5.74, 6) is -0.956. The maximum Gasteiger partial charge on any atom is 0.235 e. The number of aromatic nitrogens is 2. The summed E-state index contributed by atoms with van der Waals surface area (Å²) < 4.78 is 1.70. The molecule has 0 saturated carbocycles. The summed E-state index contributed by atoms with van der Waals surface area (Å²) in [5.41, 5.74) is 2.42. The normalized spacial score (nSPS) is 18.8. The highest BCUT2D eigenvalue weighted by atomic mass is 16.2. The quantitative estimate of drug-likeness (QED) is 0.669. The molecule has 108 valence electrons. The Bertz CT molecular complexity index is 748. The van der Waals surface area contributed by atoms with Crippen LogP contribution in [-0.4, -0.2) is 27.9 Å². The smallest absolute Gasteiger partial charge is 0.235 e. The van der Waals surface area contributed by atoms with Crippen molar-refractivity contribution in [1.82, 2.24) is 15.1 Å². The summed E-state index contributed by atoms with van der Waals surface area (Å²) in [5, 5.41) is 7.69. The fraction of sp³-hybridized carbons (Fsp3) is 0.333. The first-order valence-electron chi connectivity index (χ1n) is 6.83. The predicted molar refractivity (Wildman–Crippen MR) is 75.6 cm³/mol. The number of piperidine rings is 1. The van der Waals surface area contributed by atoms with Gasteiger partial charge in [-0.05, 0) is 12.0 Å². The van der Waals surface area contributed by atoms with Crippen LogP contribution in [0.25, 0.3) is 10.9 Å². The van der Waals surface area contributed by atoms with Gasteiger partial charge < -0.3 is 4.79 Å². The number of nitrogens with one attached hydrogen (secondary N) is 1. The highest BCUT2D eigenvalue weighted by Gasteiger charge is 2.31. The molecule has 1 N–H and O–H groups in total. The molecule has 0 aliphatic carbocycles. The number of hydrogen-bond acceptors (Lipinski definition) is 4. The number of hydrogen-bond donors (Lipinski definition) is 1. The number of fused-ring (bicyclic) bond motifs is 1. The van der Waals surface area contributed by atoms with E-state index in [1.807, 2.05) is 18.2 Å². The van der Waals surface area contributed by atoms with Crippen LogP contribution < -0.4 is 5.32 Å². The minimum absolute atomic E-state index is 0.238. The predicted octanol–water partition coefficient (Wildman–Crippen LogP) is 0.835. The minimum atomic E-state index is -0.419. The zero-order valence-electron chi connectivity index (χ0n) is 11.6. The second kappa shape index (κ2) is 5.12. The van der Waals surface area contributed by atoms with Crippen molar-refractivity contribution >= 4 is 29.0 Å². The topological polar surface area (TPSA) is 81.1 Å². The molecule has 1 aromatic heterocycles. The lowest BCUT2D eigenvalue weighted by atomic mass is 9.92. The summed E-state index contributed by atoms with van der Waals surface area (Å²) in [6.45, 7) is 0. The average Bonchev–Trinajstić information content (AvgIpc) is 2.78. The summed E-state index contributed by atoms with van der Waals surface area (Å²) in [6, 6.07) is 5.64. The van der Waals surface area contributed by atoms with E-state index >= 15 is 0 Å². The molecule has 2 aromatic rings. The molecule has 1 fully saturated rings. The van der Waals surface area contributed by atoms with E-state index in [-0.39, 0.29) is 11.8 Å². The molecule has 1 aliphatic rings. The minimum Gasteiger partial charge on any atom is -0.303 e. The van der Waals surface area contributed by atoms with Gasteiger partial charge in [-0.2, -0.15) is 5.10 Å². The highest BCUT2D eigenvalue weighted by Crippen LogP contribution is 2.31. The molecule has 2 heterocycles. The molecule has 1 saturated heterocycles. The van der Waals surface area contributed by atoms with Crippen molar-refractivity contribution in [1.29, 1.82) is 0 Å². The van der Waals surface area contributed by atoms with E-state index in [0.29, 0.717) is 25.0 Å². The van der Waals surface area contributed by atoms with E-state index in [2.05, 4.69) is 10.4 Å². The van der Waals surface area contributed by atoms with E-state index in [9.17, 15) is 14.4 Å². The number of para-hydroxylation sites is 1. The van der Waals surface area contributed by atoms with Crippen molar-refractivity contribution in [3.8, 4) is 0 Å². The van der Waals surface area contributed by atoms with Crippen molar-refractivity contribution in [3.05, 3.63) is 29.5 Å². The van der Waals surface area contributed by atoms with E-state index in [4.69, 9.17) is 0 Å². The van der Waals surface area contributed by atoms with Gasteiger partial charge in [0.25, 0.3) is 0 Å². The van der Waals surface area contributed by atoms with E-state index in [0.717, 1.165) is 22.8 Å². The second-order valence-electron chi connectivity index (χ2n) is 5.20. The van der Waals surface area contributed by atoms with E-state index in [1.165, 1.54) is 0 Å². The molecule has 6 heteroatoms. The van der Waals surface area contributed by atoms with Gasteiger partial charge in [0, 0.05) is 25.3 Å². The molecule has 0 spiro atoms. The monoisotopic (exact) mass is 285 g/mol. The fourth-order valence-electron chi connectivity index (χ4n) is 2.91. The Kier molecular flexibility index (Phi) is 3.29. The summed E-state index contributed by atoms with van der Waals surface area (Å²) in [4.78, 5) is 34.1. The van der Waals surface area contributed by atoms with E-state index < -0.39 is 5.92 Å². The highest BCUT2D eigenvalue weighted by molar-refractivity contribution is 6.02. The Morgan fingerprint density at radius 1 is 1.43 bits per heavy atom. The third kappa shape index (κ3) is 2.22. The molecular weight excluding hydrogens is 270 g/mol. The Morgan fingerprint density at radius 2 is 2.24 bits per heavy atom. The number of aldehydes is 1. The number of imide groups is 1. The zero-order valence-corrected chi connectivity index (χ0v) is 11.6. The second-order valence-corrected chi connectivity index (χ2v) is 5.20.